The summed E-state index contributed by atoms with van der Waals surface area (Å²) in [5.41, 5.74) is 6.91. The first-order valence-electron chi connectivity index (χ1n) is 5.34. The largest absolute Gasteiger partial charge is 0.370 e. The van der Waals surface area contributed by atoms with Crippen LogP contribution >= 0.6 is 0 Å². The zero-order valence-electron chi connectivity index (χ0n) is 9.59. The molecule has 0 aliphatic rings. The number of ether oxygens (including phenoxy) is 1. The zero-order valence-corrected chi connectivity index (χ0v) is 9.59. The molecule has 0 saturated heterocycles. The van der Waals surface area contributed by atoms with Gasteiger partial charge in [-0.1, -0.05) is 11.2 Å². The fourth-order valence-corrected chi connectivity index (χ4v) is 1.33. The third-order valence-corrected chi connectivity index (χ3v) is 2.07. The first-order chi connectivity index (χ1) is 8.29. The quantitative estimate of drug-likeness (QED) is 0.774. The Bertz CT molecular complexity index is 484. The fraction of sp³-hybridized carbons (Fsp3) is 0.364. The van der Waals surface area contributed by atoms with Gasteiger partial charge in [0, 0.05) is 12.2 Å². The lowest BCUT2D eigenvalue weighted by atomic mass is 10.3. The molecule has 6 heteroatoms. The lowest BCUT2D eigenvalue weighted by Crippen LogP contribution is -2.08. The first-order valence-corrected chi connectivity index (χ1v) is 5.34. The lowest BCUT2D eigenvalue weighted by molar-refractivity contribution is 0.104. The van der Waals surface area contributed by atoms with Crippen LogP contribution in [0.25, 0.3) is 11.5 Å². The van der Waals surface area contributed by atoms with E-state index in [1.807, 2.05) is 25.1 Å². The second kappa shape index (κ2) is 5.51. The van der Waals surface area contributed by atoms with Crippen molar-refractivity contribution in [3.8, 4) is 11.5 Å². The minimum atomic E-state index is 0.274. The molecule has 2 heterocycles. The van der Waals surface area contributed by atoms with Crippen molar-refractivity contribution in [2.24, 2.45) is 5.73 Å². The van der Waals surface area contributed by atoms with E-state index in [0.717, 1.165) is 5.69 Å². The topological polar surface area (TPSA) is 87.1 Å². The van der Waals surface area contributed by atoms with E-state index in [-0.39, 0.29) is 6.61 Å². The van der Waals surface area contributed by atoms with Crippen LogP contribution in [0.1, 0.15) is 11.6 Å². The molecule has 0 aromatic carbocycles. The molecule has 0 radical (unpaired) electrons. The van der Waals surface area contributed by atoms with Crippen molar-refractivity contribution < 1.29 is 9.26 Å². The van der Waals surface area contributed by atoms with Gasteiger partial charge in [0.15, 0.2) is 0 Å². The van der Waals surface area contributed by atoms with Crippen LogP contribution in [-0.4, -0.2) is 28.3 Å². The van der Waals surface area contributed by atoms with Crippen molar-refractivity contribution in [2.75, 3.05) is 13.2 Å². The van der Waals surface area contributed by atoms with Crippen LogP contribution in [-0.2, 0) is 11.3 Å². The van der Waals surface area contributed by atoms with Crippen LogP contribution in [0.3, 0.4) is 0 Å². The molecule has 0 saturated carbocycles. The monoisotopic (exact) mass is 234 g/mol. The van der Waals surface area contributed by atoms with E-state index < -0.39 is 0 Å². The molecule has 6 nitrogen and oxygen atoms in total. The molecule has 0 atom stereocenters. The molecule has 0 amide bonds. The Kier molecular flexibility index (Phi) is 3.79. The molecule has 0 aliphatic carbocycles. The van der Waals surface area contributed by atoms with Crippen LogP contribution in [0.4, 0.5) is 0 Å². The Morgan fingerprint density at radius 3 is 3.00 bits per heavy atom. The molecule has 17 heavy (non-hydrogen) atoms. The molecule has 2 aromatic rings. The summed E-state index contributed by atoms with van der Waals surface area (Å²) in [6, 6.07) is 5.65. The summed E-state index contributed by atoms with van der Waals surface area (Å²) >= 11 is 0. The summed E-state index contributed by atoms with van der Waals surface area (Å²) in [6.07, 6.45) is 0. The third-order valence-electron chi connectivity index (χ3n) is 2.07. The van der Waals surface area contributed by atoms with Gasteiger partial charge in [0.05, 0.1) is 6.61 Å². The van der Waals surface area contributed by atoms with E-state index in [1.165, 1.54) is 0 Å². The van der Waals surface area contributed by atoms with Crippen LogP contribution in [0, 0.1) is 6.92 Å². The number of hydrogen-bond acceptors (Lipinski definition) is 6. The van der Waals surface area contributed by atoms with Crippen LogP contribution < -0.4 is 5.73 Å². The highest BCUT2D eigenvalue weighted by atomic mass is 16.5. The zero-order chi connectivity index (χ0) is 12.1. The highest BCUT2D eigenvalue weighted by Crippen LogP contribution is 2.13. The van der Waals surface area contributed by atoms with Crippen molar-refractivity contribution >= 4 is 0 Å². The normalized spacial score (nSPS) is 10.7. The third kappa shape index (κ3) is 3.08. The molecule has 0 aliphatic heterocycles. The second-order valence-electron chi connectivity index (χ2n) is 3.52. The van der Waals surface area contributed by atoms with E-state index >= 15 is 0 Å². The van der Waals surface area contributed by atoms with Gasteiger partial charge in [-0.05, 0) is 19.1 Å². The van der Waals surface area contributed by atoms with E-state index in [9.17, 15) is 0 Å². The van der Waals surface area contributed by atoms with Crippen molar-refractivity contribution in [3.05, 3.63) is 29.8 Å². The molecule has 0 fully saturated rings. The summed E-state index contributed by atoms with van der Waals surface area (Å²) in [7, 11) is 0. The Morgan fingerprint density at radius 1 is 1.35 bits per heavy atom. The molecule has 0 spiro atoms. The Morgan fingerprint density at radius 2 is 2.24 bits per heavy atom. The number of rotatable bonds is 5. The van der Waals surface area contributed by atoms with E-state index in [2.05, 4.69) is 15.1 Å². The summed E-state index contributed by atoms with van der Waals surface area (Å²) in [4.78, 5) is 8.49. The number of nitrogens with two attached hydrogens (primary N) is 1. The lowest BCUT2D eigenvalue weighted by Gasteiger charge is -1.96. The molecule has 2 aromatic heterocycles. The number of nitrogens with zero attached hydrogens (tertiary/aromatic N) is 3. The Balaban J connectivity index is 2.07. The second-order valence-corrected chi connectivity index (χ2v) is 3.52. The average molecular weight is 234 g/mol. The van der Waals surface area contributed by atoms with Gasteiger partial charge in [-0.15, -0.1) is 0 Å². The summed E-state index contributed by atoms with van der Waals surface area (Å²) in [5, 5.41) is 3.85. The SMILES string of the molecule is Cc1cccc(-c2noc(COCCN)n2)n1. The van der Waals surface area contributed by atoms with Gasteiger partial charge in [-0.3, -0.25) is 0 Å². The smallest absolute Gasteiger partial charge is 0.253 e. The summed E-state index contributed by atoms with van der Waals surface area (Å²) < 4.78 is 10.2. The number of hydrogen-bond donors (Lipinski definition) is 1. The van der Waals surface area contributed by atoms with Gasteiger partial charge in [0.1, 0.15) is 12.3 Å². The molecule has 0 bridgehead atoms. The van der Waals surface area contributed by atoms with E-state index in [1.54, 1.807) is 0 Å². The van der Waals surface area contributed by atoms with Crippen molar-refractivity contribution in [3.63, 3.8) is 0 Å². The van der Waals surface area contributed by atoms with Gasteiger partial charge >= 0.3 is 0 Å². The van der Waals surface area contributed by atoms with Crippen LogP contribution in [0.15, 0.2) is 22.7 Å². The van der Waals surface area contributed by atoms with E-state index in [0.29, 0.717) is 30.6 Å². The maximum atomic E-state index is 5.30. The molecule has 2 N–H and O–H groups in total. The van der Waals surface area contributed by atoms with Gasteiger partial charge in [-0.25, -0.2) is 4.98 Å². The predicted molar refractivity (Wildman–Crippen MR) is 61.0 cm³/mol. The van der Waals surface area contributed by atoms with Crippen molar-refractivity contribution in [1.29, 1.82) is 0 Å². The Hall–Kier alpha value is -1.79. The standard InChI is InChI=1S/C11H14N4O2/c1-8-3-2-4-9(13-8)11-14-10(17-15-11)7-16-6-5-12/h2-4H,5-7,12H2,1H3. The van der Waals surface area contributed by atoms with Crippen molar-refractivity contribution in [1.82, 2.24) is 15.1 Å². The van der Waals surface area contributed by atoms with Crippen LogP contribution in [0.2, 0.25) is 0 Å². The van der Waals surface area contributed by atoms with Gasteiger partial charge in [0.25, 0.3) is 5.89 Å². The number of aromatic nitrogens is 3. The minimum absolute atomic E-state index is 0.274. The number of aryl methyl sites for hydroxylation is 1. The van der Waals surface area contributed by atoms with Crippen molar-refractivity contribution in [2.45, 2.75) is 13.5 Å². The average Bonchev–Trinajstić information content (AvgIpc) is 2.78. The van der Waals surface area contributed by atoms with E-state index in [4.69, 9.17) is 15.0 Å². The van der Waals surface area contributed by atoms with Gasteiger partial charge < -0.3 is 15.0 Å². The number of pyridine rings is 1. The maximum Gasteiger partial charge on any atom is 0.253 e. The first kappa shape index (κ1) is 11.7. The van der Waals surface area contributed by atoms with Gasteiger partial charge in [-0.2, -0.15) is 4.98 Å². The highest BCUT2D eigenvalue weighted by Gasteiger charge is 2.09. The minimum Gasteiger partial charge on any atom is -0.370 e. The van der Waals surface area contributed by atoms with Crippen LogP contribution in [0.5, 0.6) is 0 Å². The van der Waals surface area contributed by atoms with Gasteiger partial charge in [0.2, 0.25) is 5.82 Å². The Labute approximate surface area is 98.8 Å². The molecular formula is C11H14N4O2. The molecule has 90 valence electrons. The highest BCUT2D eigenvalue weighted by molar-refractivity contribution is 5.47. The molecule has 2 rings (SSSR count). The molecular weight excluding hydrogens is 220 g/mol. The molecule has 0 unspecified atom stereocenters. The maximum absolute atomic E-state index is 5.30. The summed E-state index contributed by atoms with van der Waals surface area (Å²) in [6.45, 7) is 3.13. The summed E-state index contributed by atoms with van der Waals surface area (Å²) in [5.74, 6) is 0.900. The fourth-order valence-electron chi connectivity index (χ4n) is 1.33. The predicted octanol–water partition coefficient (Wildman–Crippen LogP) is 0.915.